The quantitative estimate of drug-likeness (QED) is 0.829. The highest BCUT2D eigenvalue weighted by Gasteiger charge is 2.17. The lowest BCUT2D eigenvalue weighted by molar-refractivity contribution is 0.492. The van der Waals surface area contributed by atoms with E-state index in [2.05, 4.69) is 29.0 Å². The maximum absolute atomic E-state index is 5.99. The summed E-state index contributed by atoms with van der Waals surface area (Å²) in [6.07, 6.45) is 1.63. The van der Waals surface area contributed by atoms with Crippen LogP contribution >= 0.6 is 0 Å². The fraction of sp³-hybridized carbons (Fsp3) is 0.455. The Bertz CT molecular complexity index is 472. The molecule has 0 aliphatic carbocycles. The molecule has 2 rings (SSSR count). The van der Waals surface area contributed by atoms with Crippen molar-refractivity contribution in [2.24, 2.45) is 11.7 Å². The molecule has 5 heteroatoms. The SMILES string of the molecule is Cc1occc1-c1n[nH]c([C@@H](N)C(C)C)n1. The van der Waals surface area contributed by atoms with Crippen molar-refractivity contribution in [2.45, 2.75) is 26.8 Å². The largest absolute Gasteiger partial charge is 0.469 e. The first-order valence-corrected chi connectivity index (χ1v) is 5.32. The third kappa shape index (κ3) is 1.86. The van der Waals surface area contributed by atoms with Gasteiger partial charge in [-0.1, -0.05) is 13.8 Å². The van der Waals surface area contributed by atoms with E-state index in [1.54, 1.807) is 6.26 Å². The number of hydrogen-bond acceptors (Lipinski definition) is 4. The second kappa shape index (κ2) is 4.09. The lowest BCUT2D eigenvalue weighted by Crippen LogP contribution is -2.18. The Morgan fingerprint density at radius 1 is 1.44 bits per heavy atom. The smallest absolute Gasteiger partial charge is 0.184 e. The lowest BCUT2D eigenvalue weighted by atomic mass is 10.1. The van der Waals surface area contributed by atoms with Gasteiger partial charge in [0.1, 0.15) is 11.6 Å². The maximum atomic E-state index is 5.99. The molecule has 0 bridgehead atoms. The van der Waals surface area contributed by atoms with Gasteiger partial charge in [-0.2, -0.15) is 5.10 Å². The highest BCUT2D eigenvalue weighted by molar-refractivity contribution is 5.56. The molecule has 3 N–H and O–H groups in total. The minimum Gasteiger partial charge on any atom is -0.469 e. The number of furan rings is 1. The van der Waals surface area contributed by atoms with Crippen molar-refractivity contribution in [2.75, 3.05) is 0 Å². The topological polar surface area (TPSA) is 80.7 Å². The van der Waals surface area contributed by atoms with Crippen LogP contribution in [0.2, 0.25) is 0 Å². The van der Waals surface area contributed by atoms with Gasteiger partial charge in [-0.15, -0.1) is 0 Å². The third-order valence-corrected chi connectivity index (χ3v) is 2.64. The van der Waals surface area contributed by atoms with Gasteiger partial charge in [0, 0.05) is 0 Å². The zero-order valence-corrected chi connectivity index (χ0v) is 9.69. The molecule has 0 saturated heterocycles. The Balaban J connectivity index is 2.30. The predicted octanol–water partition coefficient (Wildman–Crippen LogP) is 2.03. The molecule has 86 valence electrons. The van der Waals surface area contributed by atoms with Crippen molar-refractivity contribution < 1.29 is 4.42 Å². The van der Waals surface area contributed by atoms with Gasteiger partial charge in [0.2, 0.25) is 0 Å². The van der Waals surface area contributed by atoms with Crippen molar-refractivity contribution in [3.05, 3.63) is 23.9 Å². The molecule has 0 spiro atoms. The van der Waals surface area contributed by atoms with E-state index in [0.29, 0.717) is 17.6 Å². The Morgan fingerprint density at radius 3 is 2.75 bits per heavy atom. The lowest BCUT2D eigenvalue weighted by Gasteiger charge is -2.10. The summed E-state index contributed by atoms with van der Waals surface area (Å²) in [6, 6.07) is 1.73. The Morgan fingerprint density at radius 2 is 2.19 bits per heavy atom. The van der Waals surface area contributed by atoms with Gasteiger partial charge < -0.3 is 10.2 Å². The molecule has 2 aromatic rings. The van der Waals surface area contributed by atoms with Crippen molar-refractivity contribution in [1.29, 1.82) is 0 Å². The van der Waals surface area contributed by atoms with E-state index in [-0.39, 0.29) is 6.04 Å². The van der Waals surface area contributed by atoms with Gasteiger partial charge >= 0.3 is 0 Å². The number of hydrogen-bond donors (Lipinski definition) is 2. The van der Waals surface area contributed by atoms with Crippen LogP contribution < -0.4 is 5.73 Å². The molecule has 0 saturated carbocycles. The van der Waals surface area contributed by atoms with Gasteiger partial charge in [-0.3, -0.25) is 5.10 Å². The van der Waals surface area contributed by atoms with Gasteiger partial charge in [0.15, 0.2) is 5.82 Å². The molecule has 0 radical (unpaired) electrons. The second-order valence-corrected chi connectivity index (χ2v) is 4.20. The number of H-pyrrole nitrogens is 1. The second-order valence-electron chi connectivity index (χ2n) is 4.20. The predicted molar refractivity (Wildman–Crippen MR) is 60.6 cm³/mol. The van der Waals surface area contributed by atoms with Crippen LogP contribution in [0.4, 0.5) is 0 Å². The standard InChI is InChI=1S/C11H16N4O/c1-6(2)9(12)11-13-10(14-15-11)8-4-5-16-7(8)3/h4-6,9H,12H2,1-3H3,(H,13,14,15)/t9-/m0/s1. The zero-order chi connectivity index (χ0) is 11.7. The van der Waals surface area contributed by atoms with E-state index in [1.165, 1.54) is 0 Å². The molecule has 0 aliphatic rings. The summed E-state index contributed by atoms with van der Waals surface area (Å²) < 4.78 is 5.21. The molecule has 16 heavy (non-hydrogen) atoms. The Labute approximate surface area is 94.1 Å². The average molecular weight is 220 g/mol. The normalized spacial score (nSPS) is 13.3. The number of rotatable bonds is 3. The van der Waals surface area contributed by atoms with Gasteiger partial charge in [0.05, 0.1) is 17.9 Å². The molecule has 0 aliphatic heterocycles. The molecule has 0 unspecified atom stereocenters. The number of nitrogens with two attached hydrogens (primary N) is 1. The summed E-state index contributed by atoms with van der Waals surface area (Å²) in [4.78, 5) is 4.38. The van der Waals surface area contributed by atoms with E-state index in [4.69, 9.17) is 10.2 Å². The Kier molecular flexibility index (Phi) is 2.78. The highest BCUT2D eigenvalue weighted by Crippen LogP contribution is 2.22. The van der Waals surface area contributed by atoms with E-state index in [0.717, 1.165) is 11.3 Å². The van der Waals surface area contributed by atoms with Crippen molar-refractivity contribution in [1.82, 2.24) is 15.2 Å². The highest BCUT2D eigenvalue weighted by atomic mass is 16.3. The number of aryl methyl sites for hydroxylation is 1. The fourth-order valence-corrected chi connectivity index (χ4v) is 1.48. The summed E-state index contributed by atoms with van der Waals surface area (Å²) in [6.45, 7) is 5.99. The van der Waals surface area contributed by atoms with Crippen LogP contribution in [0.5, 0.6) is 0 Å². The molecule has 2 heterocycles. The van der Waals surface area contributed by atoms with Gasteiger partial charge in [-0.25, -0.2) is 4.98 Å². The van der Waals surface area contributed by atoms with Crippen molar-refractivity contribution in [3.63, 3.8) is 0 Å². The first-order valence-electron chi connectivity index (χ1n) is 5.32. The number of nitrogens with zero attached hydrogens (tertiary/aromatic N) is 2. The molecule has 0 amide bonds. The van der Waals surface area contributed by atoms with Crippen LogP contribution in [0.1, 0.15) is 31.5 Å². The maximum Gasteiger partial charge on any atom is 0.184 e. The van der Waals surface area contributed by atoms with E-state index < -0.39 is 0 Å². The Hall–Kier alpha value is -1.62. The van der Waals surface area contributed by atoms with Crippen LogP contribution in [-0.2, 0) is 0 Å². The zero-order valence-electron chi connectivity index (χ0n) is 9.69. The number of aromatic amines is 1. The average Bonchev–Trinajstić information content (AvgIpc) is 2.84. The third-order valence-electron chi connectivity index (χ3n) is 2.64. The van der Waals surface area contributed by atoms with Crippen LogP contribution in [0, 0.1) is 12.8 Å². The summed E-state index contributed by atoms with van der Waals surface area (Å²) >= 11 is 0. The summed E-state index contributed by atoms with van der Waals surface area (Å²) in [7, 11) is 0. The molecule has 0 fully saturated rings. The number of aromatic nitrogens is 3. The minimum absolute atomic E-state index is 0.117. The van der Waals surface area contributed by atoms with E-state index in [9.17, 15) is 0 Å². The van der Waals surface area contributed by atoms with Crippen molar-refractivity contribution >= 4 is 0 Å². The number of nitrogens with one attached hydrogen (secondary N) is 1. The fourth-order valence-electron chi connectivity index (χ4n) is 1.48. The summed E-state index contributed by atoms with van der Waals surface area (Å²) in [5.41, 5.74) is 6.89. The summed E-state index contributed by atoms with van der Waals surface area (Å²) in [5.74, 6) is 2.48. The molecule has 5 nitrogen and oxygen atoms in total. The molecule has 2 aromatic heterocycles. The van der Waals surface area contributed by atoms with E-state index in [1.807, 2.05) is 13.0 Å². The van der Waals surface area contributed by atoms with E-state index >= 15 is 0 Å². The van der Waals surface area contributed by atoms with Crippen LogP contribution in [0.15, 0.2) is 16.7 Å². The molecule has 1 atom stereocenters. The van der Waals surface area contributed by atoms with Crippen LogP contribution in [0.3, 0.4) is 0 Å². The first-order chi connectivity index (χ1) is 7.59. The van der Waals surface area contributed by atoms with Crippen molar-refractivity contribution in [3.8, 4) is 11.4 Å². The monoisotopic (exact) mass is 220 g/mol. The summed E-state index contributed by atoms with van der Waals surface area (Å²) in [5, 5.41) is 7.02. The van der Waals surface area contributed by atoms with Gasteiger partial charge in [0.25, 0.3) is 0 Å². The van der Waals surface area contributed by atoms with Gasteiger partial charge in [-0.05, 0) is 18.9 Å². The molecular formula is C11H16N4O. The first kappa shape index (κ1) is 10.9. The molecular weight excluding hydrogens is 204 g/mol. The van der Waals surface area contributed by atoms with Crippen LogP contribution in [-0.4, -0.2) is 15.2 Å². The minimum atomic E-state index is -0.117. The molecule has 0 aromatic carbocycles. The van der Waals surface area contributed by atoms with Crippen LogP contribution in [0.25, 0.3) is 11.4 Å².